The van der Waals surface area contributed by atoms with Crippen LogP contribution in [0.4, 0.5) is 11.5 Å². The molecule has 0 aliphatic rings. The number of nitrogens with zero attached hydrogens (tertiary/aromatic N) is 3. The van der Waals surface area contributed by atoms with Gasteiger partial charge in [-0.1, -0.05) is 6.92 Å². The second-order valence-corrected chi connectivity index (χ2v) is 4.42. The van der Waals surface area contributed by atoms with Crippen molar-refractivity contribution in [1.82, 2.24) is 14.8 Å². The Kier molecular flexibility index (Phi) is 3.50. The summed E-state index contributed by atoms with van der Waals surface area (Å²) in [6.07, 6.45) is 4.64. The second kappa shape index (κ2) is 5.08. The molecule has 2 aromatic rings. The molecule has 5 heteroatoms. The molecule has 2 rings (SSSR count). The average molecular weight is 245 g/mol. The smallest absolute Gasteiger partial charge is 0.129 e. The molecule has 96 valence electrons. The lowest BCUT2D eigenvalue weighted by atomic mass is 10.2. The van der Waals surface area contributed by atoms with Crippen molar-refractivity contribution in [1.29, 1.82) is 0 Å². The molecule has 0 bridgehead atoms. The summed E-state index contributed by atoms with van der Waals surface area (Å²) in [5.41, 5.74) is 9.75. The van der Waals surface area contributed by atoms with Gasteiger partial charge in [0.25, 0.3) is 0 Å². The van der Waals surface area contributed by atoms with Gasteiger partial charge in [-0.05, 0) is 25.0 Å². The van der Waals surface area contributed by atoms with E-state index in [2.05, 4.69) is 22.3 Å². The summed E-state index contributed by atoms with van der Waals surface area (Å²) < 4.78 is 1.85. The Labute approximate surface area is 107 Å². The van der Waals surface area contributed by atoms with Crippen LogP contribution in [0.2, 0.25) is 0 Å². The first-order valence-electron chi connectivity index (χ1n) is 6.07. The van der Waals surface area contributed by atoms with Crippen LogP contribution in [0.3, 0.4) is 0 Å². The Morgan fingerprint density at radius 3 is 2.89 bits per heavy atom. The number of pyridine rings is 1. The maximum absolute atomic E-state index is 5.68. The molecule has 0 fully saturated rings. The SMILES string of the molecule is CCc1nn(C)cc1CNc1ncc(N)cc1C. The van der Waals surface area contributed by atoms with E-state index < -0.39 is 0 Å². The molecule has 0 unspecified atom stereocenters. The Bertz CT molecular complexity index is 544. The number of aromatic nitrogens is 3. The van der Waals surface area contributed by atoms with Crippen molar-refractivity contribution < 1.29 is 0 Å². The summed E-state index contributed by atoms with van der Waals surface area (Å²) in [5.74, 6) is 0.870. The van der Waals surface area contributed by atoms with E-state index in [1.165, 1.54) is 5.56 Å². The number of nitrogens with two attached hydrogens (primary N) is 1. The van der Waals surface area contributed by atoms with E-state index in [4.69, 9.17) is 5.73 Å². The van der Waals surface area contributed by atoms with Crippen LogP contribution in [-0.4, -0.2) is 14.8 Å². The fourth-order valence-corrected chi connectivity index (χ4v) is 1.99. The van der Waals surface area contributed by atoms with Gasteiger partial charge in [-0.3, -0.25) is 4.68 Å². The predicted molar refractivity (Wildman–Crippen MR) is 73.3 cm³/mol. The molecule has 0 spiro atoms. The number of aryl methyl sites for hydroxylation is 3. The molecule has 0 saturated carbocycles. The molecule has 0 aliphatic heterocycles. The third kappa shape index (κ3) is 2.61. The standard InChI is InChI=1S/C13H19N5/c1-4-12-10(8-18(3)17-12)6-15-13-9(2)5-11(14)7-16-13/h5,7-8H,4,6,14H2,1-3H3,(H,15,16). The minimum absolute atomic E-state index is 0.689. The van der Waals surface area contributed by atoms with E-state index in [9.17, 15) is 0 Å². The topological polar surface area (TPSA) is 68.8 Å². The Morgan fingerprint density at radius 1 is 1.44 bits per heavy atom. The van der Waals surface area contributed by atoms with Gasteiger partial charge < -0.3 is 11.1 Å². The Morgan fingerprint density at radius 2 is 2.22 bits per heavy atom. The van der Waals surface area contributed by atoms with Crippen LogP contribution in [0, 0.1) is 6.92 Å². The van der Waals surface area contributed by atoms with Crippen molar-refractivity contribution in [2.75, 3.05) is 11.1 Å². The lowest BCUT2D eigenvalue weighted by molar-refractivity contribution is 0.746. The van der Waals surface area contributed by atoms with Crippen molar-refractivity contribution in [3.05, 3.63) is 35.3 Å². The van der Waals surface area contributed by atoms with Crippen LogP contribution in [-0.2, 0) is 20.0 Å². The summed E-state index contributed by atoms with van der Waals surface area (Å²) in [6.45, 7) is 4.84. The second-order valence-electron chi connectivity index (χ2n) is 4.42. The minimum Gasteiger partial charge on any atom is -0.397 e. The zero-order chi connectivity index (χ0) is 13.1. The highest BCUT2D eigenvalue weighted by Crippen LogP contribution is 2.16. The van der Waals surface area contributed by atoms with Crippen molar-refractivity contribution >= 4 is 11.5 Å². The number of nitrogens with one attached hydrogen (secondary N) is 1. The van der Waals surface area contributed by atoms with Gasteiger partial charge in [0, 0.05) is 25.4 Å². The van der Waals surface area contributed by atoms with Gasteiger partial charge >= 0.3 is 0 Å². The molecule has 0 atom stereocenters. The summed E-state index contributed by atoms with van der Waals surface area (Å²) in [4.78, 5) is 4.29. The molecule has 2 aromatic heterocycles. The van der Waals surface area contributed by atoms with Crippen LogP contribution in [0.15, 0.2) is 18.5 Å². The van der Waals surface area contributed by atoms with Crippen LogP contribution < -0.4 is 11.1 Å². The zero-order valence-electron chi connectivity index (χ0n) is 11.1. The number of hydrogen-bond donors (Lipinski definition) is 2. The molecule has 0 aliphatic carbocycles. The molecule has 3 N–H and O–H groups in total. The van der Waals surface area contributed by atoms with E-state index in [1.807, 2.05) is 30.9 Å². The van der Waals surface area contributed by atoms with Crippen molar-refractivity contribution in [2.24, 2.45) is 7.05 Å². The molecule has 0 aromatic carbocycles. The predicted octanol–water partition coefficient (Wildman–Crippen LogP) is 1.88. The Balaban J connectivity index is 2.11. The molecule has 0 saturated heterocycles. The van der Waals surface area contributed by atoms with Crippen LogP contribution >= 0.6 is 0 Å². The number of nitrogen functional groups attached to an aromatic ring is 1. The van der Waals surface area contributed by atoms with Crippen molar-refractivity contribution in [3.63, 3.8) is 0 Å². The lowest BCUT2D eigenvalue weighted by Gasteiger charge is -2.08. The quantitative estimate of drug-likeness (QED) is 0.863. The maximum Gasteiger partial charge on any atom is 0.129 e. The molecule has 0 amide bonds. The average Bonchev–Trinajstić information content (AvgIpc) is 2.68. The first-order chi connectivity index (χ1) is 8.60. The fourth-order valence-electron chi connectivity index (χ4n) is 1.99. The summed E-state index contributed by atoms with van der Waals surface area (Å²) >= 11 is 0. The molecule has 18 heavy (non-hydrogen) atoms. The monoisotopic (exact) mass is 245 g/mol. The van der Waals surface area contributed by atoms with E-state index >= 15 is 0 Å². The molecular formula is C13H19N5. The van der Waals surface area contributed by atoms with Gasteiger partial charge in [0.05, 0.1) is 17.6 Å². The molecule has 2 heterocycles. The fraction of sp³-hybridized carbons (Fsp3) is 0.385. The van der Waals surface area contributed by atoms with Gasteiger partial charge in [0.2, 0.25) is 0 Å². The number of hydrogen-bond acceptors (Lipinski definition) is 4. The van der Waals surface area contributed by atoms with Crippen LogP contribution in [0.5, 0.6) is 0 Å². The van der Waals surface area contributed by atoms with E-state index in [-0.39, 0.29) is 0 Å². The maximum atomic E-state index is 5.68. The van der Waals surface area contributed by atoms with Crippen molar-refractivity contribution in [2.45, 2.75) is 26.8 Å². The van der Waals surface area contributed by atoms with Crippen molar-refractivity contribution in [3.8, 4) is 0 Å². The third-order valence-electron chi connectivity index (χ3n) is 2.87. The van der Waals surface area contributed by atoms with E-state index in [1.54, 1.807) is 6.20 Å². The Hall–Kier alpha value is -2.04. The normalized spacial score (nSPS) is 10.6. The molecule has 5 nitrogen and oxygen atoms in total. The summed E-state index contributed by atoms with van der Waals surface area (Å²) in [7, 11) is 1.94. The van der Waals surface area contributed by atoms with Crippen LogP contribution in [0.1, 0.15) is 23.7 Å². The zero-order valence-corrected chi connectivity index (χ0v) is 11.1. The third-order valence-corrected chi connectivity index (χ3v) is 2.87. The molecular weight excluding hydrogens is 226 g/mol. The van der Waals surface area contributed by atoms with Gasteiger partial charge in [-0.2, -0.15) is 5.10 Å². The highest BCUT2D eigenvalue weighted by atomic mass is 15.3. The summed E-state index contributed by atoms with van der Waals surface area (Å²) in [6, 6.07) is 1.92. The van der Waals surface area contributed by atoms with E-state index in [0.29, 0.717) is 5.69 Å². The van der Waals surface area contributed by atoms with Gasteiger partial charge in [0.15, 0.2) is 0 Å². The first-order valence-corrected chi connectivity index (χ1v) is 6.07. The highest BCUT2D eigenvalue weighted by Gasteiger charge is 2.06. The lowest BCUT2D eigenvalue weighted by Crippen LogP contribution is -2.04. The van der Waals surface area contributed by atoms with Gasteiger partial charge in [-0.25, -0.2) is 4.98 Å². The largest absolute Gasteiger partial charge is 0.397 e. The minimum atomic E-state index is 0.689. The van der Waals surface area contributed by atoms with E-state index in [0.717, 1.165) is 30.0 Å². The summed E-state index contributed by atoms with van der Waals surface area (Å²) in [5, 5.41) is 7.74. The number of rotatable bonds is 4. The van der Waals surface area contributed by atoms with Gasteiger partial charge in [-0.15, -0.1) is 0 Å². The van der Waals surface area contributed by atoms with Crippen LogP contribution in [0.25, 0.3) is 0 Å². The molecule has 0 radical (unpaired) electrons. The van der Waals surface area contributed by atoms with Gasteiger partial charge in [0.1, 0.15) is 5.82 Å². The highest BCUT2D eigenvalue weighted by molar-refractivity contribution is 5.51. The first kappa shape index (κ1) is 12.4. The number of anilines is 2.